The van der Waals surface area contributed by atoms with Gasteiger partial charge in [0.15, 0.2) is 5.16 Å². The molecule has 0 radical (unpaired) electrons. The van der Waals surface area contributed by atoms with Gasteiger partial charge in [0.05, 0.1) is 5.69 Å². The van der Waals surface area contributed by atoms with Gasteiger partial charge in [-0.3, -0.25) is 0 Å². The summed E-state index contributed by atoms with van der Waals surface area (Å²) in [5.74, 6) is 1.87. The van der Waals surface area contributed by atoms with Gasteiger partial charge < -0.3 is 10.3 Å². The Labute approximate surface area is 101 Å². The average molecular weight is 253 g/mol. The summed E-state index contributed by atoms with van der Waals surface area (Å²) in [7, 11) is 0. The molecule has 2 aromatic heterocycles. The number of aryl methyl sites for hydroxylation is 1. The Morgan fingerprint density at radius 2 is 2.31 bits per heavy atom. The van der Waals surface area contributed by atoms with Gasteiger partial charge in [0.25, 0.3) is 0 Å². The highest BCUT2D eigenvalue weighted by Crippen LogP contribution is 2.35. The third-order valence-electron chi connectivity index (χ3n) is 2.60. The van der Waals surface area contributed by atoms with E-state index in [9.17, 15) is 0 Å². The van der Waals surface area contributed by atoms with Crippen LogP contribution in [0, 0.1) is 6.92 Å². The van der Waals surface area contributed by atoms with Gasteiger partial charge in [0, 0.05) is 12.3 Å². The first kappa shape index (κ1) is 10.1. The second kappa shape index (κ2) is 3.74. The molecule has 0 aromatic carbocycles. The molecule has 2 aromatic rings. The molecule has 16 heavy (non-hydrogen) atoms. The van der Waals surface area contributed by atoms with Crippen molar-refractivity contribution in [3.63, 3.8) is 0 Å². The molecular formula is C9H11N5S2. The first-order chi connectivity index (χ1) is 7.77. The summed E-state index contributed by atoms with van der Waals surface area (Å²) >= 11 is 3.12. The second-order valence-electron chi connectivity index (χ2n) is 3.67. The average Bonchev–Trinajstić information content (AvgIpc) is 2.84. The molecule has 1 aliphatic heterocycles. The fourth-order valence-corrected chi connectivity index (χ4v) is 3.38. The van der Waals surface area contributed by atoms with Crippen molar-refractivity contribution in [1.29, 1.82) is 0 Å². The van der Waals surface area contributed by atoms with E-state index in [1.807, 2.05) is 6.92 Å². The van der Waals surface area contributed by atoms with Crippen LogP contribution in [0.5, 0.6) is 0 Å². The summed E-state index contributed by atoms with van der Waals surface area (Å²) in [4.78, 5) is 5.57. The number of rotatable bonds is 1. The van der Waals surface area contributed by atoms with Crippen LogP contribution in [0.25, 0.3) is 10.6 Å². The smallest absolute Gasteiger partial charge is 0.170 e. The second-order valence-corrected chi connectivity index (χ2v) is 5.49. The Balaban J connectivity index is 2.15. The minimum absolute atomic E-state index is 0.747. The van der Waals surface area contributed by atoms with Crippen LogP contribution in [0.3, 0.4) is 0 Å². The van der Waals surface area contributed by atoms with Gasteiger partial charge in [-0.2, -0.15) is 0 Å². The predicted molar refractivity (Wildman–Crippen MR) is 65.6 cm³/mol. The highest BCUT2D eigenvalue weighted by molar-refractivity contribution is 7.99. The van der Waals surface area contributed by atoms with Gasteiger partial charge in [0.2, 0.25) is 0 Å². The minimum atomic E-state index is 0.747. The van der Waals surface area contributed by atoms with Crippen LogP contribution >= 0.6 is 23.3 Å². The number of anilines is 1. The van der Waals surface area contributed by atoms with E-state index in [1.165, 1.54) is 11.5 Å². The van der Waals surface area contributed by atoms with E-state index in [-0.39, 0.29) is 0 Å². The van der Waals surface area contributed by atoms with Crippen LogP contribution < -0.4 is 5.73 Å². The number of nitrogen functional groups attached to an aromatic ring is 1. The number of hydrogen-bond acceptors (Lipinski definition) is 6. The first-order valence-electron chi connectivity index (χ1n) is 5.05. The maximum absolute atomic E-state index is 6.12. The van der Waals surface area contributed by atoms with Crippen molar-refractivity contribution in [3.05, 3.63) is 5.69 Å². The Morgan fingerprint density at radius 3 is 3.00 bits per heavy atom. The van der Waals surface area contributed by atoms with Crippen LogP contribution in [0.2, 0.25) is 0 Å². The Hall–Kier alpha value is -1.08. The van der Waals surface area contributed by atoms with E-state index in [0.717, 1.165) is 46.0 Å². The standard InChI is InChI=1S/C9H11N5S2/c1-5-7(16-13-12-5)6-8(10)14-3-2-4-15-9(14)11-6/h2-4,10H2,1H3. The highest BCUT2D eigenvalue weighted by Gasteiger charge is 2.21. The van der Waals surface area contributed by atoms with Crippen molar-refractivity contribution in [1.82, 2.24) is 19.1 Å². The lowest BCUT2D eigenvalue weighted by Gasteiger charge is -2.13. The summed E-state index contributed by atoms with van der Waals surface area (Å²) in [6.45, 7) is 2.90. The van der Waals surface area contributed by atoms with Crippen LogP contribution in [-0.2, 0) is 6.54 Å². The van der Waals surface area contributed by atoms with Crippen LogP contribution in [-0.4, -0.2) is 24.9 Å². The lowest BCUT2D eigenvalue weighted by atomic mass is 10.3. The first-order valence-corrected chi connectivity index (χ1v) is 6.81. The van der Waals surface area contributed by atoms with E-state index in [4.69, 9.17) is 5.73 Å². The minimum Gasteiger partial charge on any atom is -0.383 e. The van der Waals surface area contributed by atoms with Crippen molar-refractivity contribution in [2.24, 2.45) is 0 Å². The van der Waals surface area contributed by atoms with E-state index in [1.54, 1.807) is 11.8 Å². The van der Waals surface area contributed by atoms with Crippen LogP contribution in [0.4, 0.5) is 5.82 Å². The van der Waals surface area contributed by atoms with Crippen LogP contribution in [0.1, 0.15) is 12.1 Å². The normalized spacial score (nSPS) is 15.1. The third-order valence-corrected chi connectivity index (χ3v) is 4.49. The SMILES string of the molecule is Cc1nnsc1-c1nc2n(c1N)CCCS2. The fraction of sp³-hybridized carbons (Fsp3) is 0.444. The quantitative estimate of drug-likeness (QED) is 0.839. The number of aromatic nitrogens is 4. The summed E-state index contributed by atoms with van der Waals surface area (Å²) in [5, 5.41) is 5.02. The molecule has 0 saturated heterocycles. The van der Waals surface area contributed by atoms with Crippen molar-refractivity contribution in [2.75, 3.05) is 11.5 Å². The summed E-state index contributed by atoms with van der Waals surface area (Å²) < 4.78 is 6.01. The molecule has 84 valence electrons. The molecule has 7 heteroatoms. The summed E-state index contributed by atoms with van der Waals surface area (Å²) in [5.41, 5.74) is 7.87. The predicted octanol–water partition coefficient (Wildman–Crippen LogP) is 1.79. The molecule has 2 N–H and O–H groups in total. The van der Waals surface area contributed by atoms with Crippen molar-refractivity contribution >= 4 is 29.1 Å². The van der Waals surface area contributed by atoms with E-state index >= 15 is 0 Å². The zero-order chi connectivity index (χ0) is 11.1. The summed E-state index contributed by atoms with van der Waals surface area (Å²) in [6.07, 6.45) is 1.15. The largest absolute Gasteiger partial charge is 0.383 e. The number of thioether (sulfide) groups is 1. The van der Waals surface area contributed by atoms with Gasteiger partial charge in [-0.15, -0.1) is 5.10 Å². The monoisotopic (exact) mass is 253 g/mol. The Morgan fingerprint density at radius 1 is 1.44 bits per heavy atom. The van der Waals surface area contributed by atoms with Crippen molar-refractivity contribution in [2.45, 2.75) is 25.0 Å². The van der Waals surface area contributed by atoms with E-state index in [2.05, 4.69) is 19.1 Å². The molecule has 5 nitrogen and oxygen atoms in total. The van der Waals surface area contributed by atoms with Crippen molar-refractivity contribution < 1.29 is 0 Å². The molecule has 0 amide bonds. The third kappa shape index (κ3) is 1.42. The lowest BCUT2D eigenvalue weighted by molar-refractivity contribution is 0.614. The zero-order valence-electron chi connectivity index (χ0n) is 8.80. The zero-order valence-corrected chi connectivity index (χ0v) is 10.4. The number of nitrogens with two attached hydrogens (primary N) is 1. The number of hydrogen-bond donors (Lipinski definition) is 1. The van der Waals surface area contributed by atoms with Gasteiger partial charge >= 0.3 is 0 Å². The molecular weight excluding hydrogens is 242 g/mol. The molecule has 0 atom stereocenters. The van der Waals surface area contributed by atoms with E-state index in [0.29, 0.717) is 0 Å². The molecule has 1 aliphatic rings. The number of nitrogens with zero attached hydrogens (tertiary/aromatic N) is 4. The van der Waals surface area contributed by atoms with Crippen LogP contribution in [0.15, 0.2) is 5.16 Å². The Kier molecular flexibility index (Phi) is 2.36. The molecule has 0 bridgehead atoms. The van der Waals surface area contributed by atoms with Gasteiger partial charge in [-0.05, 0) is 24.9 Å². The number of imidazole rings is 1. The van der Waals surface area contributed by atoms with Gasteiger partial charge in [-0.1, -0.05) is 16.3 Å². The molecule has 0 fully saturated rings. The van der Waals surface area contributed by atoms with Gasteiger partial charge in [-0.25, -0.2) is 4.98 Å². The molecule has 0 unspecified atom stereocenters. The lowest BCUT2D eigenvalue weighted by Crippen LogP contribution is -2.09. The van der Waals surface area contributed by atoms with Crippen molar-refractivity contribution in [3.8, 4) is 10.6 Å². The molecule has 0 saturated carbocycles. The number of fused-ring (bicyclic) bond motifs is 1. The topological polar surface area (TPSA) is 69.6 Å². The Bertz CT molecular complexity index is 530. The van der Waals surface area contributed by atoms with E-state index < -0.39 is 0 Å². The maximum atomic E-state index is 6.12. The molecule has 0 aliphatic carbocycles. The fourth-order valence-electron chi connectivity index (χ4n) is 1.77. The molecule has 0 spiro atoms. The summed E-state index contributed by atoms with van der Waals surface area (Å²) in [6, 6.07) is 0. The maximum Gasteiger partial charge on any atom is 0.170 e. The molecule has 3 rings (SSSR count). The van der Waals surface area contributed by atoms with Gasteiger partial charge in [0.1, 0.15) is 16.4 Å². The highest BCUT2D eigenvalue weighted by atomic mass is 32.2. The molecule has 3 heterocycles.